The Balaban J connectivity index is 1.47. The van der Waals surface area contributed by atoms with Crippen LogP contribution in [0.1, 0.15) is 33.2 Å². The van der Waals surface area contributed by atoms with Gasteiger partial charge in [0.25, 0.3) is 11.8 Å². The van der Waals surface area contributed by atoms with Crippen LogP contribution >= 0.6 is 0 Å². The molecule has 0 atom stereocenters. The molecule has 1 aliphatic rings. The quantitative estimate of drug-likeness (QED) is 0.467. The number of hydrogen-bond donors (Lipinski definition) is 1. The molecule has 3 aromatic rings. The molecule has 3 aromatic carbocycles. The first kappa shape index (κ1) is 25.8. The molecule has 0 bridgehead atoms. The second-order valence-corrected chi connectivity index (χ2v) is 8.70. The van der Waals surface area contributed by atoms with Gasteiger partial charge < -0.3 is 24.6 Å². The highest BCUT2D eigenvalue weighted by Gasteiger charge is 2.24. The molecule has 1 saturated heterocycles. The first-order valence-electron chi connectivity index (χ1n) is 12.3. The third kappa shape index (κ3) is 6.46. The molecule has 1 fully saturated rings. The minimum Gasteiger partial charge on any atom is -0.483 e. The molecule has 8 heteroatoms. The predicted octanol–water partition coefficient (Wildman–Crippen LogP) is 4.15. The van der Waals surface area contributed by atoms with Crippen molar-refractivity contribution in [3.05, 3.63) is 89.5 Å². The summed E-state index contributed by atoms with van der Waals surface area (Å²) in [5.41, 5.74) is 3.20. The van der Waals surface area contributed by atoms with Crippen molar-refractivity contribution in [2.45, 2.75) is 13.8 Å². The number of anilines is 2. The van der Waals surface area contributed by atoms with E-state index >= 15 is 0 Å². The van der Waals surface area contributed by atoms with Gasteiger partial charge in [-0.15, -0.1) is 0 Å². The van der Waals surface area contributed by atoms with Gasteiger partial charge in [-0.2, -0.15) is 0 Å². The summed E-state index contributed by atoms with van der Waals surface area (Å²) >= 11 is 0. The van der Waals surface area contributed by atoms with E-state index in [1.54, 1.807) is 25.1 Å². The number of ether oxygens (including phenoxy) is 2. The van der Waals surface area contributed by atoms with Gasteiger partial charge in [0.2, 0.25) is 0 Å². The van der Waals surface area contributed by atoms with Crippen LogP contribution in [0, 0.1) is 6.92 Å². The van der Waals surface area contributed by atoms with E-state index in [4.69, 9.17) is 9.47 Å². The predicted molar refractivity (Wildman–Crippen MR) is 142 cm³/mol. The van der Waals surface area contributed by atoms with Crippen molar-refractivity contribution in [2.75, 3.05) is 49.6 Å². The maximum absolute atomic E-state index is 12.8. The number of piperazine rings is 1. The van der Waals surface area contributed by atoms with E-state index in [1.165, 1.54) is 0 Å². The maximum atomic E-state index is 12.8. The smallest absolute Gasteiger partial charge is 0.338 e. The zero-order chi connectivity index (χ0) is 26.2. The maximum Gasteiger partial charge on any atom is 0.338 e. The van der Waals surface area contributed by atoms with E-state index in [1.807, 2.05) is 66.4 Å². The SMILES string of the molecule is CCOC(=O)c1ccc(N2CCN(C(=O)c3ccccc3)CC2)c(NC(=O)COc2ccccc2C)c1. The zero-order valence-corrected chi connectivity index (χ0v) is 21.1. The summed E-state index contributed by atoms with van der Waals surface area (Å²) in [5.74, 6) is -0.167. The molecule has 2 amide bonds. The number of nitrogens with one attached hydrogen (secondary N) is 1. The fourth-order valence-electron chi connectivity index (χ4n) is 4.22. The number of benzene rings is 3. The van der Waals surface area contributed by atoms with Gasteiger partial charge in [0.15, 0.2) is 6.61 Å². The van der Waals surface area contributed by atoms with E-state index in [0.717, 1.165) is 11.3 Å². The Morgan fingerprint density at radius 2 is 1.57 bits per heavy atom. The number of carbonyl (C=O) groups excluding carboxylic acids is 3. The molecule has 0 saturated carbocycles. The van der Waals surface area contributed by atoms with Crippen LogP contribution in [0.15, 0.2) is 72.8 Å². The van der Waals surface area contributed by atoms with Crippen LogP contribution in [0.4, 0.5) is 11.4 Å². The van der Waals surface area contributed by atoms with Crippen LogP contribution in [-0.4, -0.2) is 62.1 Å². The average Bonchev–Trinajstić information content (AvgIpc) is 2.93. The van der Waals surface area contributed by atoms with Gasteiger partial charge in [-0.3, -0.25) is 9.59 Å². The Bertz CT molecular complexity index is 1250. The summed E-state index contributed by atoms with van der Waals surface area (Å²) in [6.07, 6.45) is 0. The van der Waals surface area contributed by atoms with Crippen LogP contribution in [0.2, 0.25) is 0 Å². The summed E-state index contributed by atoms with van der Waals surface area (Å²) < 4.78 is 10.8. The summed E-state index contributed by atoms with van der Waals surface area (Å²) in [6, 6.07) is 21.8. The third-order valence-electron chi connectivity index (χ3n) is 6.16. The second kappa shape index (κ2) is 12.1. The van der Waals surface area contributed by atoms with Crippen molar-refractivity contribution in [1.29, 1.82) is 0 Å². The largest absolute Gasteiger partial charge is 0.483 e. The van der Waals surface area contributed by atoms with E-state index in [0.29, 0.717) is 48.7 Å². The Morgan fingerprint density at radius 3 is 2.27 bits per heavy atom. The van der Waals surface area contributed by atoms with Gasteiger partial charge in [-0.1, -0.05) is 36.4 Å². The molecule has 37 heavy (non-hydrogen) atoms. The van der Waals surface area contributed by atoms with Crippen LogP contribution < -0.4 is 15.0 Å². The lowest BCUT2D eigenvalue weighted by Gasteiger charge is -2.37. The molecule has 1 aliphatic heterocycles. The highest BCUT2D eigenvalue weighted by atomic mass is 16.5. The summed E-state index contributed by atoms with van der Waals surface area (Å²) in [6.45, 7) is 5.98. The van der Waals surface area contributed by atoms with E-state index < -0.39 is 5.97 Å². The second-order valence-electron chi connectivity index (χ2n) is 8.70. The standard InChI is InChI=1S/C29H31N3O5/c1-3-36-29(35)23-13-14-25(24(19-23)30-27(33)20-37-26-12-8-7-9-21(26)2)31-15-17-32(18-16-31)28(34)22-10-5-4-6-11-22/h4-14,19H,3,15-18,20H2,1-2H3,(H,30,33). The number of rotatable bonds is 8. The van der Waals surface area contributed by atoms with Crippen molar-refractivity contribution in [3.63, 3.8) is 0 Å². The van der Waals surface area contributed by atoms with Gasteiger partial charge >= 0.3 is 5.97 Å². The molecular formula is C29H31N3O5. The highest BCUT2D eigenvalue weighted by molar-refractivity contribution is 5.99. The Kier molecular flexibility index (Phi) is 8.40. The Labute approximate surface area is 216 Å². The number of para-hydroxylation sites is 1. The van der Waals surface area contributed by atoms with Crippen LogP contribution in [0.25, 0.3) is 0 Å². The first-order chi connectivity index (χ1) is 18.0. The number of aryl methyl sites for hydroxylation is 1. The molecule has 192 valence electrons. The van der Waals surface area contributed by atoms with Crippen molar-refractivity contribution < 1.29 is 23.9 Å². The topological polar surface area (TPSA) is 88.2 Å². The summed E-state index contributed by atoms with van der Waals surface area (Å²) in [7, 11) is 0. The first-order valence-corrected chi connectivity index (χ1v) is 12.3. The van der Waals surface area contributed by atoms with Crippen LogP contribution in [0.5, 0.6) is 5.75 Å². The molecule has 0 unspecified atom stereocenters. The monoisotopic (exact) mass is 501 g/mol. The van der Waals surface area contributed by atoms with E-state index in [2.05, 4.69) is 10.2 Å². The van der Waals surface area contributed by atoms with E-state index in [9.17, 15) is 14.4 Å². The Morgan fingerprint density at radius 1 is 0.865 bits per heavy atom. The molecule has 8 nitrogen and oxygen atoms in total. The van der Waals surface area contributed by atoms with Gasteiger partial charge in [-0.25, -0.2) is 4.79 Å². The zero-order valence-electron chi connectivity index (χ0n) is 21.1. The van der Waals surface area contributed by atoms with Gasteiger partial charge in [0, 0.05) is 31.7 Å². The highest BCUT2D eigenvalue weighted by Crippen LogP contribution is 2.29. The van der Waals surface area contributed by atoms with E-state index in [-0.39, 0.29) is 25.0 Å². The number of hydrogen-bond acceptors (Lipinski definition) is 6. The minimum atomic E-state index is -0.459. The molecule has 0 aromatic heterocycles. The molecule has 1 N–H and O–H groups in total. The van der Waals surface area contributed by atoms with Crippen LogP contribution in [0.3, 0.4) is 0 Å². The minimum absolute atomic E-state index is 0.000195. The molecule has 0 aliphatic carbocycles. The summed E-state index contributed by atoms with van der Waals surface area (Å²) in [5, 5.41) is 2.90. The fraction of sp³-hybridized carbons (Fsp3) is 0.276. The van der Waals surface area contributed by atoms with Crippen molar-refractivity contribution in [2.24, 2.45) is 0 Å². The van der Waals surface area contributed by atoms with Crippen molar-refractivity contribution >= 4 is 29.2 Å². The number of amides is 2. The number of nitrogens with zero attached hydrogens (tertiary/aromatic N) is 2. The van der Waals surface area contributed by atoms with Crippen LogP contribution in [-0.2, 0) is 9.53 Å². The van der Waals surface area contributed by atoms with Crippen molar-refractivity contribution in [3.8, 4) is 5.75 Å². The average molecular weight is 502 g/mol. The molecule has 0 spiro atoms. The lowest BCUT2D eigenvalue weighted by atomic mass is 10.1. The summed E-state index contributed by atoms with van der Waals surface area (Å²) in [4.78, 5) is 41.9. The lowest BCUT2D eigenvalue weighted by molar-refractivity contribution is -0.118. The molecule has 1 heterocycles. The normalized spacial score (nSPS) is 13.1. The molecule has 4 rings (SSSR count). The van der Waals surface area contributed by atoms with Gasteiger partial charge in [0.1, 0.15) is 5.75 Å². The number of carbonyl (C=O) groups is 3. The third-order valence-corrected chi connectivity index (χ3v) is 6.16. The lowest BCUT2D eigenvalue weighted by Crippen LogP contribution is -2.49. The van der Waals surface area contributed by atoms with Gasteiger partial charge in [-0.05, 0) is 55.8 Å². The number of esters is 1. The Hall–Kier alpha value is -4.33. The van der Waals surface area contributed by atoms with Gasteiger partial charge in [0.05, 0.1) is 23.5 Å². The van der Waals surface area contributed by atoms with Crippen molar-refractivity contribution in [1.82, 2.24) is 4.90 Å². The molecule has 0 radical (unpaired) electrons. The molecular weight excluding hydrogens is 470 g/mol. The fourth-order valence-corrected chi connectivity index (χ4v) is 4.22.